The van der Waals surface area contributed by atoms with Gasteiger partial charge in [0.25, 0.3) is 0 Å². The van der Waals surface area contributed by atoms with Gasteiger partial charge in [0.05, 0.1) is 27.4 Å². The molecule has 2 aromatic rings. The normalized spacial score (nSPS) is 11.6. The second-order valence-electron chi connectivity index (χ2n) is 6.22. The standard InChI is InChI=1S/C21H27NO4/c1-14-6-9-18(24-3)17(12-14)15(2)22-21(23)11-8-16-7-10-19(25-4)20(13-16)26-5/h6-7,9-10,12-13,15H,8,11H2,1-5H3,(H,22,23). The van der Waals surface area contributed by atoms with Crippen LogP contribution in [0, 0.1) is 6.92 Å². The quantitative estimate of drug-likeness (QED) is 0.780. The fourth-order valence-corrected chi connectivity index (χ4v) is 2.88. The molecule has 0 saturated heterocycles. The van der Waals surface area contributed by atoms with Crippen LogP contribution in [0.25, 0.3) is 0 Å². The van der Waals surface area contributed by atoms with Gasteiger partial charge in [0.2, 0.25) is 5.91 Å². The van der Waals surface area contributed by atoms with Crippen molar-refractivity contribution in [1.29, 1.82) is 0 Å². The topological polar surface area (TPSA) is 56.8 Å². The van der Waals surface area contributed by atoms with E-state index in [4.69, 9.17) is 14.2 Å². The minimum absolute atomic E-state index is 0.00385. The van der Waals surface area contributed by atoms with E-state index in [9.17, 15) is 4.79 Å². The lowest BCUT2D eigenvalue weighted by Crippen LogP contribution is -2.27. The van der Waals surface area contributed by atoms with Crippen molar-refractivity contribution in [2.45, 2.75) is 32.7 Å². The first-order valence-electron chi connectivity index (χ1n) is 8.63. The van der Waals surface area contributed by atoms with Gasteiger partial charge in [-0.15, -0.1) is 0 Å². The van der Waals surface area contributed by atoms with Gasteiger partial charge in [0.1, 0.15) is 5.75 Å². The Hall–Kier alpha value is -2.69. The molecule has 0 saturated carbocycles. The van der Waals surface area contributed by atoms with E-state index >= 15 is 0 Å². The summed E-state index contributed by atoms with van der Waals surface area (Å²) in [5.74, 6) is 2.13. The monoisotopic (exact) mass is 357 g/mol. The number of aryl methyl sites for hydroxylation is 2. The Morgan fingerprint density at radius 3 is 2.27 bits per heavy atom. The minimum atomic E-state index is -0.122. The van der Waals surface area contributed by atoms with Crippen LogP contribution in [0.15, 0.2) is 36.4 Å². The molecule has 1 atom stereocenters. The van der Waals surface area contributed by atoms with E-state index in [1.165, 1.54) is 0 Å². The molecule has 1 amide bonds. The van der Waals surface area contributed by atoms with Gasteiger partial charge >= 0.3 is 0 Å². The average molecular weight is 357 g/mol. The van der Waals surface area contributed by atoms with Crippen molar-refractivity contribution in [2.24, 2.45) is 0 Å². The number of carbonyl (C=O) groups is 1. The number of carbonyl (C=O) groups excluding carboxylic acids is 1. The fraction of sp³-hybridized carbons (Fsp3) is 0.381. The van der Waals surface area contributed by atoms with E-state index in [-0.39, 0.29) is 11.9 Å². The Kier molecular flexibility index (Phi) is 6.89. The molecule has 1 N–H and O–H groups in total. The molecule has 0 bridgehead atoms. The van der Waals surface area contributed by atoms with Gasteiger partial charge in [-0.3, -0.25) is 4.79 Å². The van der Waals surface area contributed by atoms with E-state index in [1.54, 1.807) is 21.3 Å². The molecule has 0 spiro atoms. The molecular formula is C21H27NO4. The molecule has 5 nitrogen and oxygen atoms in total. The molecule has 5 heteroatoms. The highest BCUT2D eigenvalue weighted by Crippen LogP contribution is 2.28. The molecule has 0 fully saturated rings. The number of methoxy groups -OCH3 is 3. The van der Waals surface area contributed by atoms with Gasteiger partial charge in [0, 0.05) is 12.0 Å². The van der Waals surface area contributed by atoms with Gasteiger partial charge in [-0.1, -0.05) is 23.8 Å². The van der Waals surface area contributed by atoms with Crippen LogP contribution in [0.2, 0.25) is 0 Å². The number of hydrogen-bond donors (Lipinski definition) is 1. The van der Waals surface area contributed by atoms with Gasteiger partial charge in [-0.2, -0.15) is 0 Å². The van der Waals surface area contributed by atoms with Crippen LogP contribution in [0.1, 0.15) is 36.1 Å². The molecule has 0 aliphatic rings. The third-order valence-electron chi connectivity index (χ3n) is 4.32. The van der Waals surface area contributed by atoms with E-state index in [1.807, 2.05) is 50.2 Å². The highest BCUT2D eigenvalue weighted by atomic mass is 16.5. The van der Waals surface area contributed by atoms with Crippen molar-refractivity contribution in [3.63, 3.8) is 0 Å². The van der Waals surface area contributed by atoms with Crippen LogP contribution in [-0.4, -0.2) is 27.2 Å². The number of rotatable bonds is 8. The zero-order valence-electron chi connectivity index (χ0n) is 16.1. The van der Waals surface area contributed by atoms with Crippen molar-refractivity contribution >= 4 is 5.91 Å². The first kappa shape index (κ1) is 19.6. The number of hydrogen-bond acceptors (Lipinski definition) is 4. The molecule has 26 heavy (non-hydrogen) atoms. The zero-order valence-corrected chi connectivity index (χ0v) is 16.1. The number of benzene rings is 2. The smallest absolute Gasteiger partial charge is 0.220 e. The Bertz CT molecular complexity index is 758. The highest BCUT2D eigenvalue weighted by Gasteiger charge is 2.14. The summed E-state index contributed by atoms with van der Waals surface area (Å²) in [5, 5.41) is 3.04. The van der Waals surface area contributed by atoms with Crippen molar-refractivity contribution in [2.75, 3.05) is 21.3 Å². The second-order valence-corrected chi connectivity index (χ2v) is 6.22. The highest BCUT2D eigenvalue weighted by molar-refractivity contribution is 5.76. The van der Waals surface area contributed by atoms with Crippen molar-refractivity contribution in [3.05, 3.63) is 53.1 Å². The summed E-state index contributed by atoms with van der Waals surface area (Å²) < 4.78 is 15.9. The van der Waals surface area contributed by atoms with Gasteiger partial charge in [-0.05, 0) is 44.0 Å². The van der Waals surface area contributed by atoms with E-state index in [2.05, 4.69) is 5.32 Å². The van der Waals surface area contributed by atoms with Gasteiger partial charge < -0.3 is 19.5 Å². The molecule has 1 unspecified atom stereocenters. The Balaban J connectivity index is 1.98. The van der Waals surface area contributed by atoms with Gasteiger partial charge in [0.15, 0.2) is 11.5 Å². The molecular weight excluding hydrogens is 330 g/mol. The van der Waals surface area contributed by atoms with Crippen molar-refractivity contribution in [1.82, 2.24) is 5.32 Å². The Labute approximate surface area is 155 Å². The van der Waals surface area contributed by atoms with Crippen LogP contribution in [0.3, 0.4) is 0 Å². The molecule has 0 radical (unpaired) electrons. The summed E-state index contributed by atoms with van der Waals surface area (Å²) in [6, 6.07) is 11.5. The third-order valence-corrected chi connectivity index (χ3v) is 4.32. The molecule has 0 aliphatic carbocycles. The fourth-order valence-electron chi connectivity index (χ4n) is 2.88. The van der Waals surface area contributed by atoms with E-state index < -0.39 is 0 Å². The number of ether oxygens (including phenoxy) is 3. The molecule has 0 aromatic heterocycles. The van der Waals surface area contributed by atoms with E-state index in [0.717, 1.165) is 22.4 Å². The molecule has 2 rings (SSSR count). The summed E-state index contributed by atoms with van der Waals surface area (Å²) in [4.78, 5) is 12.4. The second kappa shape index (κ2) is 9.13. The minimum Gasteiger partial charge on any atom is -0.496 e. The van der Waals surface area contributed by atoms with Crippen LogP contribution in [-0.2, 0) is 11.2 Å². The number of nitrogens with one attached hydrogen (secondary N) is 1. The summed E-state index contributed by atoms with van der Waals surface area (Å²) in [7, 11) is 4.84. The summed E-state index contributed by atoms with van der Waals surface area (Å²) in [5.41, 5.74) is 3.14. The largest absolute Gasteiger partial charge is 0.496 e. The first-order chi connectivity index (χ1) is 12.5. The summed E-state index contributed by atoms with van der Waals surface area (Å²) >= 11 is 0. The maximum atomic E-state index is 12.4. The van der Waals surface area contributed by atoms with Crippen molar-refractivity contribution in [3.8, 4) is 17.2 Å². The predicted molar refractivity (Wildman–Crippen MR) is 102 cm³/mol. The maximum absolute atomic E-state index is 12.4. The van der Waals surface area contributed by atoms with E-state index in [0.29, 0.717) is 24.3 Å². The van der Waals surface area contributed by atoms with Gasteiger partial charge in [-0.25, -0.2) is 0 Å². The third kappa shape index (κ3) is 4.91. The summed E-state index contributed by atoms with van der Waals surface area (Å²) in [6.07, 6.45) is 1.03. The van der Waals surface area contributed by atoms with Crippen LogP contribution >= 0.6 is 0 Å². The number of amides is 1. The van der Waals surface area contributed by atoms with Crippen LogP contribution in [0.4, 0.5) is 0 Å². The maximum Gasteiger partial charge on any atom is 0.220 e. The molecule has 140 valence electrons. The Morgan fingerprint density at radius 1 is 0.962 bits per heavy atom. The van der Waals surface area contributed by atoms with Crippen LogP contribution < -0.4 is 19.5 Å². The predicted octanol–water partition coefficient (Wildman–Crippen LogP) is 3.83. The SMILES string of the molecule is COc1ccc(CCC(=O)NC(C)c2cc(C)ccc2OC)cc1OC. The lowest BCUT2D eigenvalue weighted by atomic mass is 10.0. The molecule has 0 aliphatic heterocycles. The Morgan fingerprint density at radius 2 is 1.62 bits per heavy atom. The van der Waals surface area contributed by atoms with Crippen molar-refractivity contribution < 1.29 is 19.0 Å². The average Bonchev–Trinajstić information content (AvgIpc) is 2.65. The summed E-state index contributed by atoms with van der Waals surface area (Å²) in [6.45, 7) is 3.99. The van der Waals surface area contributed by atoms with Crippen LogP contribution in [0.5, 0.6) is 17.2 Å². The molecule has 0 heterocycles. The molecule has 2 aromatic carbocycles. The lowest BCUT2D eigenvalue weighted by molar-refractivity contribution is -0.121. The first-order valence-corrected chi connectivity index (χ1v) is 8.63. The lowest BCUT2D eigenvalue weighted by Gasteiger charge is -2.18. The zero-order chi connectivity index (χ0) is 19.1.